The molecule has 0 fully saturated rings. The van der Waals surface area contributed by atoms with E-state index in [1.54, 1.807) is 12.1 Å². The van der Waals surface area contributed by atoms with Crippen molar-refractivity contribution in [2.45, 2.75) is 6.61 Å². The smallest absolute Gasteiger partial charge is 0.269 e. The van der Waals surface area contributed by atoms with Gasteiger partial charge in [-0.3, -0.25) is 14.9 Å². The average Bonchev–Trinajstić information content (AvgIpc) is 2.44. The van der Waals surface area contributed by atoms with Gasteiger partial charge in [0.05, 0.1) is 17.2 Å². The molecule has 0 aliphatic rings. The van der Waals surface area contributed by atoms with E-state index in [-0.39, 0.29) is 17.9 Å². The number of non-ortho nitro benzene ring substituents is 1. The number of ether oxygens (including phenoxy) is 1. The Morgan fingerprint density at radius 1 is 1.40 bits per heavy atom. The Bertz CT molecular complexity index is 697. The van der Waals surface area contributed by atoms with Crippen molar-refractivity contribution in [3.05, 3.63) is 54.0 Å². The van der Waals surface area contributed by atoms with Crippen LogP contribution in [0.1, 0.15) is 5.69 Å². The van der Waals surface area contributed by atoms with Gasteiger partial charge in [0.1, 0.15) is 9.39 Å². The van der Waals surface area contributed by atoms with E-state index in [9.17, 15) is 14.9 Å². The zero-order valence-corrected chi connectivity index (χ0v) is 12.6. The SMILES string of the molecule is COCc1nc(-c2ccc([N+](=O)[O-])cc2)[nH]c(=O)c1I. The summed E-state index contributed by atoms with van der Waals surface area (Å²) in [6, 6.07) is 5.81. The van der Waals surface area contributed by atoms with Crippen LogP contribution < -0.4 is 5.56 Å². The molecule has 0 aliphatic heterocycles. The van der Waals surface area contributed by atoms with Crippen LogP contribution in [0.4, 0.5) is 5.69 Å². The van der Waals surface area contributed by atoms with E-state index < -0.39 is 4.92 Å². The van der Waals surface area contributed by atoms with E-state index in [1.165, 1.54) is 19.2 Å². The zero-order valence-electron chi connectivity index (χ0n) is 10.4. The summed E-state index contributed by atoms with van der Waals surface area (Å²) in [5, 5.41) is 10.6. The molecule has 2 aromatic rings. The molecule has 0 unspecified atom stereocenters. The van der Waals surface area contributed by atoms with Crippen LogP contribution in [0.3, 0.4) is 0 Å². The lowest BCUT2D eigenvalue weighted by Gasteiger charge is -2.06. The van der Waals surface area contributed by atoms with Crippen molar-refractivity contribution in [1.29, 1.82) is 0 Å². The molecule has 1 heterocycles. The number of aromatic amines is 1. The highest BCUT2D eigenvalue weighted by molar-refractivity contribution is 14.1. The highest BCUT2D eigenvalue weighted by atomic mass is 127. The van der Waals surface area contributed by atoms with Crippen LogP contribution in [0.15, 0.2) is 29.1 Å². The first-order chi connectivity index (χ1) is 9.52. The molecule has 0 spiro atoms. The second-order valence-corrected chi connectivity index (χ2v) is 4.99. The summed E-state index contributed by atoms with van der Waals surface area (Å²) >= 11 is 1.90. The molecule has 1 N–H and O–H groups in total. The molecule has 20 heavy (non-hydrogen) atoms. The molecule has 104 valence electrons. The van der Waals surface area contributed by atoms with Crippen LogP contribution in [0.5, 0.6) is 0 Å². The molecule has 7 nitrogen and oxygen atoms in total. The monoisotopic (exact) mass is 387 g/mol. The van der Waals surface area contributed by atoms with Gasteiger partial charge in [-0.1, -0.05) is 0 Å². The molecule has 0 amide bonds. The van der Waals surface area contributed by atoms with Crippen molar-refractivity contribution in [2.24, 2.45) is 0 Å². The normalized spacial score (nSPS) is 10.5. The molecule has 1 aromatic heterocycles. The lowest BCUT2D eigenvalue weighted by molar-refractivity contribution is -0.384. The van der Waals surface area contributed by atoms with Crippen LogP contribution in [0.25, 0.3) is 11.4 Å². The minimum atomic E-state index is -0.482. The average molecular weight is 387 g/mol. The number of benzene rings is 1. The fourth-order valence-electron chi connectivity index (χ4n) is 1.62. The summed E-state index contributed by atoms with van der Waals surface area (Å²) in [5.41, 5.74) is 0.853. The van der Waals surface area contributed by atoms with Crippen molar-refractivity contribution in [3.8, 4) is 11.4 Å². The van der Waals surface area contributed by atoms with Crippen molar-refractivity contribution >= 4 is 28.3 Å². The van der Waals surface area contributed by atoms with Crippen LogP contribution >= 0.6 is 22.6 Å². The lowest BCUT2D eigenvalue weighted by Crippen LogP contribution is -2.16. The largest absolute Gasteiger partial charge is 0.378 e. The summed E-state index contributed by atoms with van der Waals surface area (Å²) in [7, 11) is 1.52. The van der Waals surface area contributed by atoms with Gasteiger partial charge < -0.3 is 9.72 Å². The van der Waals surface area contributed by atoms with Gasteiger partial charge in [-0.05, 0) is 34.7 Å². The third-order valence-electron chi connectivity index (χ3n) is 2.56. The van der Waals surface area contributed by atoms with Gasteiger partial charge in [0.15, 0.2) is 0 Å². The molecule has 0 saturated heterocycles. The van der Waals surface area contributed by atoms with E-state index in [4.69, 9.17) is 4.74 Å². The number of H-pyrrole nitrogens is 1. The Labute approximate surface area is 127 Å². The maximum absolute atomic E-state index is 11.8. The Morgan fingerprint density at radius 3 is 2.60 bits per heavy atom. The summed E-state index contributed by atoms with van der Waals surface area (Å²) in [6.07, 6.45) is 0. The quantitative estimate of drug-likeness (QED) is 0.492. The number of aromatic nitrogens is 2. The van der Waals surface area contributed by atoms with Gasteiger partial charge in [0, 0.05) is 24.8 Å². The Hall–Kier alpha value is -1.81. The van der Waals surface area contributed by atoms with Gasteiger partial charge in [-0.15, -0.1) is 0 Å². The third kappa shape index (κ3) is 3.02. The first-order valence-electron chi connectivity index (χ1n) is 5.55. The highest BCUT2D eigenvalue weighted by Gasteiger charge is 2.11. The Balaban J connectivity index is 2.47. The Morgan fingerprint density at radius 2 is 2.05 bits per heavy atom. The van der Waals surface area contributed by atoms with Crippen molar-refractivity contribution in [1.82, 2.24) is 9.97 Å². The van der Waals surface area contributed by atoms with E-state index in [0.29, 0.717) is 20.7 Å². The molecule has 0 bridgehead atoms. The molecule has 1 aromatic carbocycles. The van der Waals surface area contributed by atoms with Gasteiger partial charge >= 0.3 is 0 Å². The fourth-order valence-corrected chi connectivity index (χ4v) is 2.03. The van der Waals surface area contributed by atoms with Gasteiger partial charge in [-0.2, -0.15) is 0 Å². The number of nitrogens with one attached hydrogen (secondary N) is 1. The predicted molar refractivity (Wildman–Crippen MR) is 80.4 cm³/mol. The van der Waals surface area contributed by atoms with E-state index in [0.717, 1.165) is 0 Å². The first-order valence-corrected chi connectivity index (χ1v) is 6.63. The maximum atomic E-state index is 11.8. The van der Waals surface area contributed by atoms with E-state index in [1.807, 2.05) is 22.6 Å². The van der Waals surface area contributed by atoms with Gasteiger partial charge in [0.2, 0.25) is 0 Å². The number of hydrogen-bond donors (Lipinski definition) is 1. The molecule has 8 heteroatoms. The molecular formula is C12H10IN3O4. The molecule has 0 saturated carbocycles. The predicted octanol–water partition coefficient (Wildman–Crippen LogP) is 2.10. The van der Waals surface area contributed by atoms with Crippen LogP contribution in [0.2, 0.25) is 0 Å². The lowest BCUT2D eigenvalue weighted by atomic mass is 10.2. The van der Waals surface area contributed by atoms with Gasteiger partial charge in [-0.25, -0.2) is 4.98 Å². The van der Waals surface area contributed by atoms with E-state index in [2.05, 4.69) is 9.97 Å². The minimum Gasteiger partial charge on any atom is -0.378 e. The molecule has 2 rings (SSSR count). The number of hydrogen-bond acceptors (Lipinski definition) is 5. The standard InChI is InChI=1S/C12H10IN3O4/c1-20-6-9-10(13)12(17)15-11(14-9)7-2-4-8(5-3-7)16(18)19/h2-5H,6H2,1H3,(H,14,15,17). The second kappa shape index (κ2) is 6.09. The van der Waals surface area contributed by atoms with Crippen molar-refractivity contribution in [2.75, 3.05) is 7.11 Å². The number of halogens is 1. The number of nitro groups is 1. The topological polar surface area (TPSA) is 98.1 Å². The number of rotatable bonds is 4. The third-order valence-corrected chi connectivity index (χ3v) is 3.68. The maximum Gasteiger partial charge on any atom is 0.269 e. The summed E-state index contributed by atoms with van der Waals surface area (Å²) in [5.74, 6) is 0.359. The van der Waals surface area contributed by atoms with E-state index >= 15 is 0 Å². The van der Waals surface area contributed by atoms with Crippen molar-refractivity contribution in [3.63, 3.8) is 0 Å². The fraction of sp³-hybridized carbons (Fsp3) is 0.167. The summed E-state index contributed by atoms with van der Waals surface area (Å²) in [6.45, 7) is 0.224. The number of methoxy groups -OCH3 is 1. The number of nitrogens with zero attached hydrogens (tertiary/aromatic N) is 2. The molecule has 0 aliphatic carbocycles. The molecular weight excluding hydrogens is 377 g/mol. The summed E-state index contributed by atoms with van der Waals surface area (Å²) in [4.78, 5) is 28.9. The Kier molecular flexibility index (Phi) is 4.45. The zero-order chi connectivity index (χ0) is 14.7. The van der Waals surface area contributed by atoms with Crippen molar-refractivity contribution < 1.29 is 9.66 Å². The van der Waals surface area contributed by atoms with Crippen LogP contribution in [-0.2, 0) is 11.3 Å². The molecule has 0 radical (unpaired) electrons. The number of nitro benzene ring substituents is 1. The second-order valence-electron chi connectivity index (χ2n) is 3.91. The van der Waals surface area contributed by atoms with Crippen LogP contribution in [0, 0.1) is 13.7 Å². The minimum absolute atomic E-state index is 0.0151. The van der Waals surface area contributed by atoms with Gasteiger partial charge in [0.25, 0.3) is 11.2 Å². The highest BCUT2D eigenvalue weighted by Crippen LogP contribution is 2.19. The summed E-state index contributed by atoms with van der Waals surface area (Å²) < 4.78 is 5.46. The molecule has 0 atom stereocenters. The first kappa shape index (κ1) is 14.6. The van der Waals surface area contributed by atoms with Crippen LogP contribution in [-0.4, -0.2) is 22.0 Å².